The van der Waals surface area contributed by atoms with Gasteiger partial charge in [0.25, 0.3) is 0 Å². The van der Waals surface area contributed by atoms with E-state index < -0.39 is 0 Å². The number of rotatable bonds is 2. The summed E-state index contributed by atoms with van der Waals surface area (Å²) in [6.07, 6.45) is 6.59. The average molecular weight is 196 g/mol. The molecule has 0 saturated carbocycles. The Balaban J connectivity index is 2.17. The number of hydrogen-bond acceptors (Lipinski definition) is 3. The highest BCUT2D eigenvalue weighted by Gasteiger charge is 2.19. The third kappa shape index (κ3) is 1.80. The maximum absolute atomic E-state index is 10.7. The van der Waals surface area contributed by atoms with Crippen molar-refractivity contribution >= 4 is 18.0 Å². The number of carbonyl (C=O) groups is 1. The highest BCUT2D eigenvalue weighted by atomic mass is 32.2. The van der Waals surface area contributed by atoms with Gasteiger partial charge in [0.2, 0.25) is 0 Å². The molecule has 0 aromatic carbocycles. The van der Waals surface area contributed by atoms with E-state index in [4.69, 9.17) is 4.42 Å². The zero-order chi connectivity index (χ0) is 9.10. The van der Waals surface area contributed by atoms with Gasteiger partial charge in [0.1, 0.15) is 6.26 Å². The van der Waals surface area contributed by atoms with Gasteiger partial charge in [-0.1, -0.05) is 0 Å². The lowest BCUT2D eigenvalue weighted by Gasteiger charge is -2.20. The molecule has 0 bridgehead atoms. The standard InChI is InChI=1S/C10H12O2S/c11-4-9-5-12-6-10(9)8-2-1-3-13-7-8/h4-6,8H,1-3,7H2. The lowest BCUT2D eigenvalue weighted by atomic mass is 9.96. The summed E-state index contributed by atoms with van der Waals surface area (Å²) in [5, 5.41) is 0. The first-order valence-corrected chi connectivity index (χ1v) is 5.66. The zero-order valence-corrected chi connectivity index (χ0v) is 8.18. The molecule has 2 heterocycles. The minimum absolute atomic E-state index is 0.526. The maximum Gasteiger partial charge on any atom is 0.153 e. The Labute approximate surface area is 81.7 Å². The van der Waals surface area contributed by atoms with Crippen LogP contribution in [0.4, 0.5) is 0 Å². The van der Waals surface area contributed by atoms with Gasteiger partial charge in [0, 0.05) is 11.3 Å². The lowest BCUT2D eigenvalue weighted by Crippen LogP contribution is -2.09. The summed E-state index contributed by atoms with van der Waals surface area (Å²) in [4.78, 5) is 10.7. The van der Waals surface area contributed by atoms with E-state index in [1.54, 1.807) is 12.5 Å². The summed E-state index contributed by atoms with van der Waals surface area (Å²) in [6.45, 7) is 0. The molecule has 70 valence electrons. The molecule has 0 spiro atoms. The van der Waals surface area contributed by atoms with Gasteiger partial charge < -0.3 is 4.42 Å². The minimum atomic E-state index is 0.526. The molecular weight excluding hydrogens is 184 g/mol. The second-order valence-electron chi connectivity index (χ2n) is 3.31. The molecule has 2 nitrogen and oxygen atoms in total. The van der Waals surface area contributed by atoms with Crippen molar-refractivity contribution < 1.29 is 9.21 Å². The molecule has 1 aromatic rings. The second kappa shape index (κ2) is 4.01. The van der Waals surface area contributed by atoms with E-state index in [2.05, 4.69) is 0 Å². The molecule has 1 aliphatic heterocycles. The summed E-state index contributed by atoms with van der Waals surface area (Å²) in [5.74, 6) is 2.91. The van der Waals surface area contributed by atoms with Gasteiger partial charge in [-0.25, -0.2) is 0 Å². The van der Waals surface area contributed by atoms with Gasteiger partial charge in [-0.3, -0.25) is 4.79 Å². The Bertz CT molecular complexity index is 287. The quantitative estimate of drug-likeness (QED) is 0.681. The highest BCUT2D eigenvalue weighted by Crippen LogP contribution is 2.32. The van der Waals surface area contributed by atoms with Crippen LogP contribution >= 0.6 is 11.8 Å². The van der Waals surface area contributed by atoms with E-state index in [0.717, 1.165) is 23.2 Å². The van der Waals surface area contributed by atoms with Crippen molar-refractivity contribution in [3.05, 3.63) is 23.7 Å². The van der Waals surface area contributed by atoms with Crippen LogP contribution in [0.3, 0.4) is 0 Å². The van der Waals surface area contributed by atoms with Crippen LogP contribution in [-0.2, 0) is 0 Å². The maximum atomic E-state index is 10.7. The molecule has 1 unspecified atom stereocenters. The molecule has 1 aromatic heterocycles. The summed E-state index contributed by atoms with van der Waals surface area (Å²) in [7, 11) is 0. The topological polar surface area (TPSA) is 30.2 Å². The normalized spacial score (nSPS) is 22.9. The molecule has 0 amide bonds. The molecule has 1 atom stereocenters. The van der Waals surface area contributed by atoms with Gasteiger partial charge in [-0.2, -0.15) is 11.8 Å². The van der Waals surface area contributed by atoms with Crippen LogP contribution in [0.1, 0.15) is 34.7 Å². The second-order valence-corrected chi connectivity index (χ2v) is 4.46. The summed E-state index contributed by atoms with van der Waals surface area (Å²) < 4.78 is 5.05. The largest absolute Gasteiger partial charge is 0.472 e. The molecule has 2 rings (SSSR count). The molecule has 13 heavy (non-hydrogen) atoms. The molecule has 0 N–H and O–H groups in total. The number of aldehydes is 1. The van der Waals surface area contributed by atoms with Crippen molar-refractivity contribution in [1.29, 1.82) is 0 Å². The molecule has 0 aliphatic carbocycles. The molecular formula is C10H12O2S. The Morgan fingerprint density at radius 2 is 2.46 bits per heavy atom. The number of hydrogen-bond donors (Lipinski definition) is 0. The van der Waals surface area contributed by atoms with E-state index in [9.17, 15) is 4.79 Å². The van der Waals surface area contributed by atoms with Gasteiger partial charge in [-0.15, -0.1) is 0 Å². The Kier molecular flexibility index (Phi) is 2.74. The fourth-order valence-electron chi connectivity index (χ4n) is 1.73. The van der Waals surface area contributed by atoms with Crippen molar-refractivity contribution in [2.75, 3.05) is 11.5 Å². The fourth-order valence-corrected chi connectivity index (χ4v) is 2.90. The molecule has 0 radical (unpaired) electrons. The predicted molar refractivity (Wildman–Crippen MR) is 53.4 cm³/mol. The Morgan fingerprint density at radius 3 is 3.15 bits per heavy atom. The molecule has 3 heteroatoms. The molecule has 1 fully saturated rings. The number of furan rings is 1. The first-order valence-electron chi connectivity index (χ1n) is 4.51. The van der Waals surface area contributed by atoms with Crippen LogP contribution < -0.4 is 0 Å². The van der Waals surface area contributed by atoms with E-state index in [1.807, 2.05) is 11.8 Å². The predicted octanol–water partition coefficient (Wildman–Crippen LogP) is 2.70. The SMILES string of the molecule is O=Cc1cocc1C1CCCSC1. The van der Waals surface area contributed by atoms with E-state index in [1.165, 1.54) is 18.6 Å². The summed E-state index contributed by atoms with van der Waals surface area (Å²) in [6, 6.07) is 0. The zero-order valence-electron chi connectivity index (χ0n) is 7.36. The van der Waals surface area contributed by atoms with Crippen LogP contribution in [-0.4, -0.2) is 17.8 Å². The van der Waals surface area contributed by atoms with Crippen molar-refractivity contribution in [2.45, 2.75) is 18.8 Å². The highest BCUT2D eigenvalue weighted by molar-refractivity contribution is 7.99. The summed E-state index contributed by atoms with van der Waals surface area (Å²) in [5.41, 5.74) is 1.83. The smallest absolute Gasteiger partial charge is 0.153 e. The van der Waals surface area contributed by atoms with Crippen LogP contribution in [0.2, 0.25) is 0 Å². The minimum Gasteiger partial charge on any atom is -0.472 e. The van der Waals surface area contributed by atoms with Crippen molar-refractivity contribution in [2.24, 2.45) is 0 Å². The van der Waals surface area contributed by atoms with Crippen molar-refractivity contribution in [3.63, 3.8) is 0 Å². The van der Waals surface area contributed by atoms with Gasteiger partial charge in [-0.05, 0) is 24.5 Å². The number of thioether (sulfide) groups is 1. The van der Waals surface area contributed by atoms with Crippen molar-refractivity contribution in [1.82, 2.24) is 0 Å². The molecule has 1 aliphatic rings. The Morgan fingerprint density at radius 1 is 1.54 bits per heavy atom. The molecule has 1 saturated heterocycles. The van der Waals surface area contributed by atoms with Crippen LogP contribution in [0.25, 0.3) is 0 Å². The monoisotopic (exact) mass is 196 g/mol. The lowest BCUT2D eigenvalue weighted by molar-refractivity contribution is 0.112. The first kappa shape index (κ1) is 8.88. The average Bonchev–Trinajstić information content (AvgIpc) is 2.67. The van der Waals surface area contributed by atoms with Gasteiger partial charge in [0.05, 0.1) is 11.8 Å². The van der Waals surface area contributed by atoms with Crippen LogP contribution in [0, 0.1) is 0 Å². The number of carbonyl (C=O) groups excluding carboxylic acids is 1. The van der Waals surface area contributed by atoms with Gasteiger partial charge >= 0.3 is 0 Å². The van der Waals surface area contributed by atoms with E-state index in [-0.39, 0.29) is 0 Å². The van der Waals surface area contributed by atoms with Crippen LogP contribution in [0.5, 0.6) is 0 Å². The third-order valence-corrected chi connectivity index (χ3v) is 3.67. The summed E-state index contributed by atoms with van der Waals surface area (Å²) >= 11 is 1.96. The Hall–Kier alpha value is -0.700. The van der Waals surface area contributed by atoms with E-state index in [0.29, 0.717) is 5.92 Å². The van der Waals surface area contributed by atoms with Gasteiger partial charge in [0.15, 0.2) is 6.29 Å². The van der Waals surface area contributed by atoms with Crippen LogP contribution in [0.15, 0.2) is 16.9 Å². The first-order chi connectivity index (χ1) is 6.42. The fraction of sp³-hybridized carbons (Fsp3) is 0.500. The van der Waals surface area contributed by atoms with E-state index >= 15 is 0 Å². The van der Waals surface area contributed by atoms with Crippen molar-refractivity contribution in [3.8, 4) is 0 Å². The third-order valence-electron chi connectivity index (χ3n) is 2.45.